The molecule has 0 amide bonds. The van der Waals surface area contributed by atoms with E-state index in [0.29, 0.717) is 0 Å². The SMILES string of the molecule is Cc1ccc(C)n1N=C(c1ccccc1)c1ccccc1. The predicted molar refractivity (Wildman–Crippen MR) is 87.8 cm³/mol. The number of rotatable bonds is 3. The fourth-order valence-electron chi connectivity index (χ4n) is 2.39. The molecular weight excluding hydrogens is 256 g/mol. The van der Waals surface area contributed by atoms with E-state index in [9.17, 15) is 0 Å². The first-order valence-corrected chi connectivity index (χ1v) is 7.10. The van der Waals surface area contributed by atoms with Crippen LogP contribution in [0.1, 0.15) is 22.5 Å². The van der Waals surface area contributed by atoms with E-state index in [-0.39, 0.29) is 0 Å². The molecule has 21 heavy (non-hydrogen) atoms. The zero-order chi connectivity index (χ0) is 14.7. The smallest absolute Gasteiger partial charge is 0.0984 e. The molecule has 0 unspecified atom stereocenters. The van der Waals surface area contributed by atoms with Gasteiger partial charge in [-0.25, -0.2) is 4.68 Å². The molecule has 1 heterocycles. The minimum Gasteiger partial charge on any atom is -0.242 e. The van der Waals surface area contributed by atoms with Crippen LogP contribution in [0.3, 0.4) is 0 Å². The molecule has 0 bridgehead atoms. The molecule has 3 aromatic rings. The Morgan fingerprint density at radius 2 is 1.10 bits per heavy atom. The molecule has 0 saturated carbocycles. The number of benzene rings is 2. The molecule has 0 N–H and O–H groups in total. The van der Waals surface area contributed by atoms with Crippen LogP contribution in [0.4, 0.5) is 0 Å². The quantitative estimate of drug-likeness (QED) is 0.630. The standard InChI is InChI=1S/C19H18N2/c1-15-13-14-16(2)21(15)20-19(17-9-5-3-6-10-17)18-11-7-4-8-12-18/h3-14H,1-2H3. The third kappa shape index (κ3) is 2.79. The molecule has 2 aromatic carbocycles. The van der Waals surface area contributed by atoms with Crippen LogP contribution in [0, 0.1) is 13.8 Å². The van der Waals surface area contributed by atoms with Crippen molar-refractivity contribution in [2.24, 2.45) is 5.10 Å². The largest absolute Gasteiger partial charge is 0.242 e. The molecule has 0 radical (unpaired) electrons. The fourth-order valence-corrected chi connectivity index (χ4v) is 2.39. The van der Waals surface area contributed by atoms with Crippen LogP contribution in [0.2, 0.25) is 0 Å². The maximum Gasteiger partial charge on any atom is 0.0984 e. The molecule has 0 spiro atoms. The molecule has 104 valence electrons. The number of aromatic nitrogens is 1. The van der Waals surface area contributed by atoms with Crippen molar-refractivity contribution < 1.29 is 0 Å². The second-order valence-corrected chi connectivity index (χ2v) is 5.11. The summed E-state index contributed by atoms with van der Waals surface area (Å²) in [6.45, 7) is 4.15. The van der Waals surface area contributed by atoms with Crippen LogP contribution in [-0.2, 0) is 0 Å². The van der Waals surface area contributed by atoms with Gasteiger partial charge in [-0.2, -0.15) is 5.10 Å². The molecule has 0 aliphatic heterocycles. The van der Waals surface area contributed by atoms with Gasteiger partial charge < -0.3 is 0 Å². The second kappa shape index (κ2) is 5.80. The summed E-state index contributed by atoms with van der Waals surface area (Å²) in [5.41, 5.74) is 5.50. The van der Waals surface area contributed by atoms with E-state index < -0.39 is 0 Å². The molecule has 0 fully saturated rings. The Hall–Kier alpha value is -2.61. The highest BCUT2D eigenvalue weighted by molar-refractivity contribution is 6.12. The van der Waals surface area contributed by atoms with Gasteiger partial charge in [-0.15, -0.1) is 0 Å². The highest BCUT2D eigenvalue weighted by Crippen LogP contribution is 2.14. The minimum atomic E-state index is 0.985. The molecule has 3 rings (SSSR count). The first-order chi connectivity index (χ1) is 10.3. The van der Waals surface area contributed by atoms with Gasteiger partial charge in [0.25, 0.3) is 0 Å². The van der Waals surface area contributed by atoms with E-state index in [1.807, 2.05) is 41.1 Å². The van der Waals surface area contributed by atoms with Crippen molar-refractivity contribution in [2.75, 3.05) is 0 Å². The summed E-state index contributed by atoms with van der Waals surface area (Å²) in [7, 11) is 0. The van der Waals surface area contributed by atoms with E-state index in [1.54, 1.807) is 0 Å². The molecule has 1 aromatic heterocycles. The van der Waals surface area contributed by atoms with Crippen molar-refractivity contribution in [3.63, 3.8) is 0 Å². The average Bonchev–Trinajstić information content (AvgIpc) is 2.85. The Balaban J connectivity index is 2.18. The van der Waals surface area contributed by atoms with E-state index in [4.69, 9.17) is 5.10 Å². The van der Waals surface area contributed by atoms with Gasteiger partial charge in [-0.3, -0.25) is 0 Å². The van der Waals surface area contributed by atoms with Gasteiger partial charge in [0.05, 0.1) is 5.71 Å². The van der Waals surface area contributed by atoms with Gasteiger partial charge >= 0.3 is 0 Å². The van der Waals surface area contributed by atoms with Crippen LogP contribution in [0.5, 0.6) is 0 Å². The lowest BCUT2D eigenvalue weighted by Crippen LogP contribution is -2.07. The topological polar surface area (TPSA) is 17.3 Å². The summed E-state index contributed by atoms with van der Waals surface area (Å²) >= 11 is 0. The molecular formula is C19H18N2. The Labute approximate surface area is 125 Å². The van der Waals surface area contributed by atoms with Gasteiger partial charge in [-0.05, 0) is 26.0 Å². The number of hydrogen-bond acceptors (Lipinski definition) is 1. The normalized spacial score (nSPS) is 10.4. The van der Waals surface area contributed by atoms with Crippen LogP contribution >= 0.6 is 0 Å². The third-order valence-electron chi connectivity index (χ3n) is 3.53. The van der Waals surface area contributed by atoms with E-state index in [2.05, 4.69) is 50.2 Å². The molecule has 2 heteroatoms. The zero-order valence-electron chi connectivity index (χ0n) is 12.3. The maximum atomic E-state index is 4.89. The van der Waals surface area contributed by atoms with Gasteiger partial charge in [0.2, 0.25) is 0 Å². The molecule has 0 aliphatic carbocycles. The Morgan fingerprint density at radius 3 is 1.52 bits per heavy atom. The van der Waals surface area contributed by atoms with Gasteiger partial charge in [0.1, 0.15) is 0 Å². The monoisotopic (exact) mass is 274 g/mol. The van der Waals surface area contributed by atoms with Crippen molar-refractivity contribution in [3.05, 3.63) is 95.3 Å². The average molecular weight is 274 g/mol. The van der Waals surface area contributed by atoms with E-state index in [0.717, 1.165) is 28.2 Å². The summed E-state index contributed by atoms with van der Waals surface area (Å²) in [5.74, 6) is 0. The lowest BCUT2D eigenvalue weighted by Gasteiger charge is -2.10. The highest BCUT2D eigenvalue weighted by atomic mass is 15.4. The van der Waals surface area contributed by atoms with Crippen molar-refractivity contribution in [2.45, 2.75) is 13.8 Å². The second-order valence-electron chi connectivity index (χ2n) is 5.11. The lowest BCUT2D eigenvalue weighted by molar-refractivity contribution is 0.814. The molecule has 2 nitrogen and oxygen atoms in total. The fraction of sp³-hybridized carbons (Fsp3) is 0.105. The molecule has 0 aliphatic rings. The lowest BCUT2D eigenvalue weighted by atomic mass is 10.0. The number of aryl methyl sites for hydroxylation is 2. The Bertz CT molecular complexity index is 692. The van der Waals surface area contributed by atoms with Gasteiger partial charge in [0, 0.05) is 22.5 Å². The first kappa shape index (κ1) is 13.4. The molecule has 0 atom stereocenters. The van der Waals surface area contributed by atoms with Crippen molar-refractivity contribution in [3.8, 4) is 0 Å². The van der Waals surface area contributed by atoms with E-state index in [1.165, 1.54) is 0 Å². The van der Waals surface area contributed by atoms with Crippen LogP contribution in [0.25, 0.3) is 0 Å². The summed E-state index contributed by atoms with van der Waals surface area (Å²) in [4.78, 5) is 0. The minimum absolute atomic E-state index is 0.985. The Morgan fingerprint density at radius 1 is 0.667 bits per heavy atom. The molecule has 0 saturated heterocycles. The van der Waals surface area contributed by atoms with Crippen LogP contribution in [0.15, 0.2) is 77.9 Å². The van der Waals surface area contributed by atoms with Crippen molar-refractivity contribution >= 4 is 5.71 Å². The van der Waals surface area contributed by atoms with Crippen LogP contribution in [-0.4, -0.2) is 10.4 Å². The van der Waals surface area contributed by atoms with Crippen molar-refractivity contribution in [1.29, 1.82) is 0 Å². The van der Waals surface area contributed by atoms with Gasteiger partial charge in [-0.1, -0.05) is 60.7 Å². The van der Waals surface area contributed by atoms with Gasteiger partial charge in [0.15, 0.2) is 0 Å². The summed E-state index contributed by atoms with van der Waals surface area (Å²) in [5, 5.41) is 4.89. The van der Waals surface area contributed by atoms with Crippen molar-refractivity contribution in [1.82, 2.24) is 4.68 Å². The number of nitrogens with zero attached hydrogens (tertiary/aromatic N) is 2. The zero-order valence-corrected chi connectivity index (χ0v) is 12.3. The predicted octanol–water partition coefficient (Wildman–Crippen LogP) is 4.41. The first-order valence-electron chi connectivity index (χ1n) is 7.10. The highest BCUT2D eigenvalue weighted by Gasteiger charge is 2.08. The summed E-state index contributed by atoms with van der Waals surface area (Å²) in [6.07, 6.45) is 0. The Kier molecular flexibility index (Phi) is 3.69. The maximum absolute atomic E-state index is 4.89. The van der Waals surface area contributed by atoms with Crippen LogP contribution < -0.4 is 0 Å². The summed E-state index contributed by atoms with van der Waals surface area (Å²) < 4.78 is 2.00. The number of hydrogen-bond donors (Lipinski definition) is 0. The van der Waals surface area contributed by atoms with E-state index >= 15 is 0 Å². The third-order valence-corrected chi connectivity index (χ3v) is 3.53. The summed E-state index contributed by atoms with van der Waals surface area (Å²) in [6, 6.07) is 24.8.